The SMILES string of the molecule is CC[C@@H](C)c1nc2ccc(Br)cc2c(=O)n1N=Cc1cc(OC)c(OCC(=O)OC(C)C)c(OC)c1. The van der Waals surface area contributed by atoms with Gasteiger partial charge in [0.05, 0.1) is 37.4 Å². The highest BCUT2D eigenvalue weighted by Crippen LogP contribution is 2.38. The van der Waals surface area contributed by atoms with Gasteiger partial charge < -0.3 is 18.9 Å². The van der Waals surface area contributed by atoms with Gasteiger partial charge in [-0.2, -0.15) is 9.78 Å². The quantitative estimate of drug-likeness (QED) is 0.257. The topological polar surface area (TPSA) is 101 Å². The number of rotatable bonds is 10. The number of ether oxygens (including phenoxy) is 4. The van der Waals surface area contributed by atoms with Gasteiger partial charge in [-0.3, -0.25) is 4.79 Å². The summed E-state index contributed by atoms with van der Waals surface area (Å²) >= 11 is 3.42. The Hall–Kier alpha value is -3.40. The number of carbonyl (C=O) groups is 1. The molecule has 0 unspecified atom stereocenters. The minimum absolute atomic E-state index is 0.00772. The number of hydrogen-bond donors (Lipinski definition) is 0. The summed E-state index contributed by atoms with van der Waals surface area (Å²) in [5.41, 5.74) is 0.943. The Morgan fingerprint density at radius 2 is 1.81 bits per heavy atom. The summed E-state index contributed by atoms with van der Waals surface area (Å²) in [7, 11) is 2.96. The summed E-state index contributed by atoms with van der Waals surface area (Å²) < 4.78 is 23.8. The van der Waals surface area contributed by atoms with Crippen molar-refractivity contribution in [2.24, 2.45) is 5.10 Å². The zero-order chi connectivity index (χ0) is 26.4. The molecule has 0 saturated carbocycles. The number of esters is 1. The molecular weight excluding hydrogens is 530 g/mol. The van der Waals surface area contributed by atoms with E-state index in [1.54, 1.807) is 32.0 Å². The van der Waals surface area contributed by atoms with E-state index in [0.29, 0.717) is 33.8 Å². The Balaban J connectivity index is 2.03. The molecule has 3 rings (SSSR count). The highest BCUT2D eigenvalue weighted by molar-refractivity contribution is 9.10. The second-order valence-corrected chi connectivity index (χ2v) is 9.30. The lowest BCUT2D eigenvalue weighted by atomic mass is 10.1. The maximum absolute atomic E-state index is 13.3. The molecule has 0 radical (unpaired) electrons. The predicted octanol–water partition coefficient (Wildman–Crippen LogP) is 4.90. The van der Waals surface area contributed by atoms with E-state index in [4.69, 9.17) is 23.9 Å². The summed E-state index contributed by atoms with van der Waals surface area (Å²) in [5.74, 6) is 0.996. The summed E-state index contributed by atoms with van der Waals surface area (Å²) in [6.45, 7) is 7.25. The molecule has 1 aromatic heterocycles. The lowest BCUT2D eigenvalue weighted by molar-refractivity contribution is -0.149. The van der Waals surface area contributed by atoms with Crippen molar-refractivity contribution in [2.45, 2.75) is 46.1 Å². The molecule has 0 amide bonds. The smallest absolute Gasteiger partial charge is 0.344 e. The Labute approximate surface area is 218 Å². The van der Waals surface area contributed by atoms with Gasteiger partial charge in [0, 0.05) is 16.0 Å². The number of benzene rings is 2. The molecule has 0 aliphatic carbocycles. The summed E-state index contributed by atoms with van der Waals surface area (Å²) in [6, 6.07) is 8.75. The van der Waals surface area contributed by atoms with E-state index in [2.05, 4.69) is 21.0 Å². The number of aromatic nitrogens is 2. The summed E-state index contributed by atoms with van der Waals surface area (Å²) in [6.07, 6.45) is 2.07. The molecule has 36 heavy (non-hydrogen) atoms. The number of fused-ring (bicyclic) bond motifs is 1. The highest BCUT2D eigenvalue weighted by Gasteiger charge is 2.18. The zero-order valence-electron chi connectivity index (χ0n) is 21.2. The Kier molecular flexibility index (Phi) is 9.08. The van der Waals surface area contributed by atoms with Crippen LogP contribution in [0.15, 0.2) is 44.7 Å². The van der Waals surface area contributed by atoms with Crippen LogP contribution in [0.2, 0.25) is 0 Å². The fourth-order valence-corrected chi connectivity index (χ4v) is 3.81. The lowest BCUT2D eigenvalue weighted by Crippen LogP contribution is -2.23. The first-order chi connectivity index (χ1) is 17.2. The molecule has 0 N–H and O–H groups in total. The van der Waals surface area contributed by atoms with Gasteiger partial charge in [0.1, 0.15) is 5.82 Å². The second-order valence-electron chi connectivity index (χ2n) is 8.38. The van der Waals surface area contributed by atoms with Crippen molar-refractivity contribution in [1.82, 2.24) is 9.66 Å². The molecule has 9 nitrogen and oxygen atoms in total. The van der Waals surface area contributed by atoms with Crippen molar-refractivity contribution in [3.63, 3.8) is 0 Å². The standard InChI is InChI=1S/C26H30BrN3O6/c1-7-16(4)25-29-20-9-8-18(27)12-19(20)26(32)30(25)28-13-17-10-21(33-5)24(22(11-17)34-6)35-14-23(31)36-15(2)3/h8-13,15-16H,7,14H2,1-6H3/t16-/m1/s1. The van der Waals surface area contributed by atoms with Gasteiger partial charge in [-0.15, -0.1) is 0 Å². The maximum atomic E-state index is 13.3. The van der Waals surface area contributed by atoms with Gasteiger partial charge in [0.25, 0.3) is 5.56 Å². The van der Waals surface area contributed by atoms with E-state index in [9.17, 15) is 9.59 Å². The number of methoxy groups -OCH3 is 2. The molecule has 0 aliphatic rings. The summed E-state index contributed by atoms with van der Waals surface area (Å²) in [4.78, 5) is 30.0. The molecule has 1 atom stereocenters. The average Bonchev–Trinajstić information content (AvgIpc) is 2.85. The van der Waals surface area contributed by atoms with Crippen LogP contribution in [0.3, 0.4) is 0 Å². The van der Waals surface area contributed by atoms with Gasteiger partial charge in [0.2, 0.25) is 5.75 Å². The van der Waals surface area contributed by atoms with Crippen LogP contribution < -0.4 is 19.8 Å². The molecule has 0 spiro atoms. The third-order valence-corrected chi connectivity index (χ3v) is 5.89. The van der Waals surface area contributed by atoms with E-state index in [-0.39, 0.29) is 29.9 Å². The number of hydrogen-bond acceptors (Lipinski definition) is 8. The van der Waals surface area contributed by atoms with E-state index >= 15 is 0 Å². The van der Waals surface area contributed by atoms with Crippen LogP contribution in [0, 0.1) is 0 Å². The Morgan fingerprint density at radius 3 is 2.39 bits per heavy atom. The van der Waals surface area contributed by atoms with Crippen molar-refractivity contribution < 1.29 is 23.7 Å². The van der Waals surface area contributed by atoms with Gasteiger partial charge in [-0.25, -0.2) is 9.78 Å². The molecule has 0 bridgehead atoms. The number of nitrogens with zero attached hydrogens (tertiary/aromatic N) is 3. The van der Waals surface area contributed by atoms with E-state index in [0.717, 1.165) is 10.9 Å². The van der Waals surface area contributed by atoms with Crippen LogP contribution in [-0.2, 0) is 9.53 Å². The average molecular weight is 560 g/mol. The van der Waals surface area contributed by atoms with Crippen LogP contribution in [0.25, 0.3) is 10.9 Å². The molecule has 0 fully saturated rings. The molecule has 2 aromatic carbocycles. The minimum atomic E-state index is -0.507. The Bertz CT molecular complexity index is 1310. The molecule has 192 valence electrons. The predicted molar refractivity (Wildman–Crippen MR) is 142 cm³/mol. The highest BCUT2D eigenvalue weighted by atomic mass is 79.9. The molecule has 3 aromatic rings. The van der Waals surface area contributed by atoms with Crippen LogP contribution in [0.5, 0.6) is 17.2 Å². The zero-order valence-corrected chi connectivity index (χ0v) is 22.8. The van der Waals surface area contributed by atoms with Gasteiger partial charge >= 0.3 is 5.97 Å². The molecule has 0 saturated heterocycles. The third-order valence-electron chi connectivity index (χ3n) is 5.39. The van der Waals surface area contributed by atoms with Crippen molar-refractivity contribution in [1.29, 1.82) is 0 Å². The van der Waals surface area contributed by atoms with Crippen molar-refractivity contribution in [3.8, 4) is 17.2 Å². The first-order valence-electron chi connectivity index (χ1n) is 11.5. The van der Waals surface area contributed by atoms with Gasteiger partial charge in [0.15, 0.2) is 18.1 Å². The van der Waals surface area contributed by atoms with Crippen molar-refractivity contribution in [3.05, 3.63) is 56.5 Å². The van der Waals surface area contributed by atoms with Crippen molar-refractivity contribution >= 4 is 39.0 Å². The molecular formula is C26H30BrN3O6. The summed E-state index contributed by atoms with van der Waals surface area (Å²) in [5, 5.41) is 4.95. The molecule has 1 heterocycles. The monoisotopic (exact) mass is 559 g/mol. The van der Waals surface area contributed by atoms with Gasteiger partial charge in [-0.05, 0) is 50.6 Å². The van der Waals surface area contributed by atoms with Crippen LogP contribution in [0.1, 0.15) is 51.4 Å². The molecule has 0 aliphatic heterocycles. The van der Waals surface area contributed by atoms with E-state index in [1.807, 2.05) is 26.0 Å². The normalized spacial score (nSPS) is 12.2. The number of carbonyl (C=O) groups excluding carboxylic acids is 1. The Morgan fingerprint density at radius 1 is 1.14 bits per heavy atom. The van der Waals surface area contributed by atoms with Crippen LogP contribution in [-0.4, -0.2) is 48.8 Å². The first-order valence-corrected chi connectivity index (χ1v) is 12.3. The third kappa shape index (κ3) is 6.23. The largest absolute Gasteiger partial charge is 0.493 e. The van der Waals surface area contributed by atoms with Crippen LogP contribution in [0.4, 0.5) is 0 Å². The van der Waals surface area contributed by atoms with E-state index < -0.39 is 5.97 Å². The van der Waals surface area contributed by atoms with E-state index in [1.165, 1.54) is 25.1 Å². The first kappa shape index (κ1) is 27.2. The fraction of sp³-hybridized carbons (Fsp3) is 0.385. The second kappa shape index (κ2) is 12.0. The molecule has 10 heteroatoms. The van der Waals surface area contributed by atoms with Crippen LogP contribution >= 0.6 is 15.9 Å². The maximum Gasteiger partial charge on any atom is 0.344 e. The number of halogens is 1. The minimum Gasteiger partial charge on any atom is -0.493 e. The van der Waals surface area contributed by atoms with Crippen molar-refractivity contribution in [2.75, 3.05) is 20.8 Å². The van der Waals surface area contributed by atoms with Gasteiger partial charge in [-0.1, -0.05) is 29.8 Å². The lowest BCUT2D eigenvalue weighted by Gasteiger charge is -2.16. The fourth-order valence-electron chi connectivity index (χ4n) is 3.45.